The highest BCUT2D eigenvalue weighted by atomic mass is 16.5. The van der Waals surface area contributed by atoms with Crippen molar-refractivity contribution in [2.45, 2.75) is 31.6 Å². The molecule has 2 amide bonds. The van der Waals surface area contributed by atoms with Gasteiger partial charge in [-0.2, -0.15) is 0 Å². The number of amides is 2. The summed E-state index contributed by atoms with van der Waals surface area (Å²) in [7, 11) is 0. The minimum atomic E-state index is 0.0184. The molecule has 2 aliphatic rings. The summed E-state index contributed by atoms with van der Waals surface area (Å²) in [5, 5.41) is 1.24. The van der Waals surface area contributed by atoms with Crippen molar-refractivity contribution < 1.29 is 14.3 Å². The normalized spacial score (nSPS) is 18.7. The van der Waals surface area contributed by atoms with Crippen LogP contribution in [0.1, 0.15) is 46.8 Å². The van der Waals surface area contributed by atoms with Crippen LogP contribution in [-0.4, -0.2) is 71.0 Å². The number of hydrogen-bond donors (Lipinski definition) is 1. The standard InChI is InChI=1S/C26H30N4O3/c31-24(9-3-5-19-17-28-23-8-2-1-6-21(19)23)30-12-10-20(18-30)25-22(7-4-11-27-25)26(32)29-13-15-33-16-14-29/h1-2,4,6-8,11,17,20,28H,3,5,9-10,12-16,18H2/t20-/m1/s1. The van der Waals surface area contributed by atoms with Crippen LogP contribution in [0.25, 0.3) is 10.9 Å². The SMILES string of the molecule is O=C(CCCc1c[nH]c2ccccc12)N1CC[C@@H](c2ncccc2C(=O)N2CCOCC2)C1. The van der Waals surface area contributed by atoms with E-state index in [-0.39, 0.29) is 17.7 Å². The van der Waals surface area contributed by atoms with Gasteiger partial charge < -0.3 is 19.5 Å². The zero-order valence-electron chi connectivity index (χ0n) is 18.8. The molecule has 2 aromatic heterocycles. The van der Waals surface area contributed by atoms with E-state index in [4.69, 9.17) is 4.74 Å². The zero-order valence-corrected chi connectivity index (χ0v) is 18.8. The number of hydrogen-bond acceptors (Lipinski definition) is 4. The van der Waals surface area contributed by atoms with Gasteiger partial charge in [0.25, 0.3) is 5.91 Å². The second-order valence-electron chi connectivity index (χ2n) is 8.88. The first-order valence-electron chi connectivity index (χ1n) is 11.9. The number of pyridine rings is 1. The van der Waals surface area contributed by atoms with Crippen LogP contribution in [0.4, 0.5) is 0 Å². The predicted octanol–water partition coefficient (Wildman–Crippen LogP) is 3.37. The Kier molecular flexibility index (Phi) is 6.39. The molecule has 2 aliphatic heterocycles. The molecule has 5 rings (SSSR count). The zero-order chi connectivity index (χ0) is 22.6. The lowest BCUT2D eigenvalue weighted by molar-refractivity contribution is -0.130. The third-order valence-corrected chi connectivity index (χ3v) is 6.81. The van der Waals surface area contributed by atoms with Gasteiger partial charge in [-0.25, -0.2) is 0 Å². The van der Waals surface area contributed by atoms with E-state index < -0.39 is 0 Å². The number of aryl methyl sites for hydroxylation is 1. The highest BCUT2D eigenvalue weighted by Gasteiger charge is 2.31. The summed E-state index contributed by atoms with van der Waals surface area (Å²) in [5.41, 5.74) is 3.89. The Hall–Kier alpha value is -3.19. The lowest BCUT2D eigenvalue weighted by atomic mass is 9.98. The lowest BCUT2D eigenvalue weighted by Gasteiger charge is -2.28. The molecule has 1 atom stereocenters. The average Bonchev–Trinajstić information content (AvgIpc) is 3.52. The molecule has 0 radical (unpaired) electrons. The van der Waals surface area contributed by atoms with Crippen molar-refractivity contribution in [2.24, 2.45) is 0 Å². The molecule has 1 N–H and O–H groups in total. The van der Waals surface area contributed by atoms with Crippen LogP contribution in [0.15, 0.2) is 48.8 Å². The Labute approximate surface area is 193 Å². The molecule has 0 bridgehead atoms. The Morgan fingerprint density at radius 3 is 2.79 bits per heavy atom. The van der Waals surface area contributed by atoms with E-state index in [1.807, 2.05) is 34.1 Å². The van der Waals surface area contributed by atoms with Crippen LogP contribution in [0.5, 0.6) is 0 Å². The van der Waals surface area contributed by atoms with Crippen molar-refractivity contribution in [1.82, 2.24) is 19.8 Å². The number of nitrogens with zero attached hydrogens (tertiary/aromatic N) is 3. The number of benzene rings is 1. The van der Waals surface area contributed by atoms with Crippen molar-refractivity contribution in [1.29, 1.82) is 0 Å². The van der Waals surface area contributed by atoms with E-state index in [0.717, 1.165) is 37.0 Å². The van der Waals surface area contributed by atoms with Crippen LogP contribution in [0.2, 0.25) is 0 Å². The van der Waals surface area contributed by atoms with Gasteiger partial charge in [0.1, 0.15) is 0 Å². The van der Waals surface area contributed by atoms with E-state index in [1.165, 1.54) is 10.9 Å². The second-order valence-corrected chi connectivity index (χ2v) is 8.88. The topological polar surface area (TPSA) is 78.5 Å². The van der Waals surface area contributed by atoms with Gasteiger partial charge in [-0.1, -0.05) is 18.2 Å². The number of morpholine rings is 1. The Morgan fingerprint density at radius 2 is 1.91 bits per heavy atom. The number of para-hydroxylation sites is 1. The van der Waals surface area contributed by atoms with Gasteiger partial charge in [0.2, 0.25) is 5.91 Å². The maximum atomic E-state index is 13.1. The van der Waals surface area contributed by atoms with Gasteiger partial charge in [-0.15, -0.1) is 0 Å². The molecule has 33 heavy (non-hydrogen) atoms. The van der Waals surface area contributed by atoms with Crippen molar-refractivity contribution in [3.63, 3.8) is 0 Å². The van der Waals surface area contributed by atoms with Crippen LogP contribution in [0.3, 0.4) is 0 Å². The molecular formula is C26H30N4O3. The fraction of sp³-hybridized carbons (Fsp3) is 0.423. The van der Waals surface area contributed by atoms with Gasteiger partial charge in [0, 0.05) is 61.8 Å². The summed E-state index contributed by atoms with van der Waals surface area (Å²) in [6.45, 7) is 3.72. The molecular weight excluding hydrogens is 416 g/mol. The molecule has 0 spiro atoms. The summed E-state index contributed by atoms with van der Waals surface area (Å²) >= 11 is 0. The quantitative estimate of drug-likeness (QED) is 0.630. The Bertz CT molecular complexity index is 1140. The van der Waals surface area contributed by atoms with Crippen LogP contribution in [-0.2, 0) is 16.0 Å². The minimum absolute atomic E-state index is 0.0184. The monoisotopic (exact) mass is 446 g/mol. The summed E-state index contributed by atoms with van der Waals surface area (Å²) in [6, 6.07) is 12.0. The van der Waals surface area contributed by atoms with Crippen molar-refractivity contribution >= 4 is 22.7 Å². The maximum absolute atomic E-state index is 13.1. The largest absolute Gasteiger partial charge is 0.378 e. The first kappa shape index (κ1) is 21.6. The lowest BCUT2D eigenvalue weighted by Crippen LogP contribution is -2.41. The van der Waals surface area contributed by atoms with Crippen LogP contribution < -0.4 is 0 Å². The summed E-state index contributed by atoms with van der Waals surface area (Å²) in [6.07, 6.45) is 6.88. The molecule has 1 aromatic carbocycles. The van der Waals surface area contributed by atoms with Gasteiger partial charge >= 0.3 is 0 Å². The number of rotatable bonds is 6. The van der Waals surface area contributed by atoms with Crippen LogP contribution >= 0.6 is 0 Å². The second kappa shape index (κ2) is 9.75. The van der Waals surface area contributed by atoms with Crippen molar-refractivity contribution in [3.8, 4) is 0 Å². The van der Waals surface area contributed by atoms with Gasteiger partial charge in [-0.3, -0.25) is 14.6 Å². The number of carbonyl (C=O) groups excluding carboxylic acids is 2. The number of nitrogens with one attached hydrogen (secondary N) is 1. The molecule has 0 saturated carbocycles. The van der Waals surface area contributed by atoms with E-state index in [0.29, 0.717) is 44.8 Å². The van der Waals surface area contributed by atoms with Gasteiger partial charge in [0.15, 0.2) is 0 Å². The number of ether oxygens (including phenoxy) is 1. The molecule has 2 saturated heterocycles. The minimum Gasteiger partial charge on any atom is -0.378 e. The molecule has 4 heterocycles. The molecule has 7 nitrogen and oxygen atoms in total. The Morgan fingerprint density at radius 1 is 1.06 bits per heavy atom. The molecule has 2 fully saturated rings. The van der Waals surface area contributed by atoms with E-state index in [2.05, 4.69) is 28.3 Å². The number of aromatic amines is 1. The van der Waals surface area contributed by atoms with E-state index in [1.54, 1.807) is 6.20 Å². The highest BCUT2D eigenvalue weighted by Crippen LogP contribution is 2.29. The summed E-state index contributed by atoms with van der Waals surface area (Å²) in [4.78, 5) is 37.6. The van der Waals surface area contributed by atoms with Gasteiger partial charge in [-0.05, 0) is 43.0 Å². The third-order valence-electron chi connectivity index (χ3n) is 6.81. The number of carbonyl (C=O) groups is 2. The third kappa shape index (κ3) is 4.64. The van der Waals surface area contributed by atoms with E-state index >= 15 is 0 Å². The van der Waals surface area contributed by atoms with Crippen LogP contribution in [0, 0.1) is 0 Å². The summed E-state index contributed by atoms with van der Waals surface area (Å²) in [5.74, 6) is 0.308. The molecule has 0 aliphatic carbocycles. The Balaban J connectivity index is 1.18. The smallest absolute Gasteiger partial charge is 0.255 e. The molecule has 0 unspecified atom stereocenters. The number of aromatic nitrogens is 2. The predicted molar refractivity (Wildman–Crippen MR) is 126 cm³/mol. The van der Waals surface area contributed by atoms with Crippen molar-refractivity contribution in [2.75, 3.05) is 39.4 Å². The van der Waals surface area contributed by atoms with Gasteiger partial charge in [0.05, 0.1) is 24.5 Å². The van der Waals surface area contributed by atoms with E-state index in [9.17, 15) is 9.59 Å². The number of likely N-dealkylation sites (tertiary alicyclic amines) is 1. The maximum Gasteiger partial charge on any atom is 0.255 e. The first-order chi connectivity index (χ1) is 16.2. The summed E-state index contributed by atoms with van der Waals surface area (Å²) < 4.78 is 5.38. The van der Waals surface area contributed by atoms with Crippen molar-refractivity contribution in [3.05, 3.63) is 65.6 Å². The molecule has 172 valence electrons. The fourth-order valence-corrected chi connectivity index (χ4v) is 5.00. The number of H-pyrrole nitrogens is 1. The highest BCUT2D eigenvalue weighted by molar-refractivity contribution is 5.95. The molecule has 3 aromatic rings. The fourth-order valence-electron chi connectivity index (χ4n) is 5.00. The molecule has 7 heteroatoms. The first-order valence-corrected chi connectivity index (χ1v) is 11.9. The average molecular weight is 447 g/mol. The number of fused-ring (bicyclic) bond motifs is 1.